The Labute approximate surface area is 182 Å². The van der Waals surface area contributed by atoms with Gasteiger partial charge in [0.1, 0.15) is 12.4 Å². The first-order valence-corrected chi connectivity index (χ1v) is 9.82. The lowest BCUT2D eigenvalue weighted by Crippen LogP contribution is -2.19. The van der Waals surface area contributed by atoms with Gasteiger partial charge in [-0.3, -0.25) is 0 Å². The molecule has 164 valence electrons. The van der Waals surface area contributed by atoms with Crippen LogP contribution in [0, 0.1) is 0 Å². The molecule has 0 spiro atoms. The van der Waals surface area contributed by atoms with Crippen LogP contribution in [0.15, 0.2) is 48.7 Å². The van der Waals surface area contributed by atoms with Gasteiger partial charge in [0.05, 0.1) is 27.0 Å². The van der Waals surface area contributed by atoms with E-state index < -0.39 is 0 Å². The van der Waals surface area contributed by atoms with Gasteiger partial charge in [0, 0.05) is 36.1 Å². The third kappa shape index (κ3) is 5.76. The van der Waals surface area contributed by atoms with Crippen molar-refractivity contribution in [2.24, 2.45) is 0 Å². The fourth-order valence-corrected chi connectivity index (χ4v) is 2.93. The number of nitrogens with zero attached hydrogens (tertiary/aromatic N) is 3. The molecule has 0 aliphatic heterocycles. The number of rotatable bonds is 10. The zero-order valence-corrected chi connectivity index (χ0v) is 18.5. The molecule has 0 fully saturated rings. The van der Waals surface area contributed by atoms with Crippen LogP contribution >= 0.6 is 0 Å². The number of hydrogen-bond acceptors (Lipinski definition) is 8. The Kier molecular flexibility index (Phi) is 7.50. The number of ether oxygens (including phenoxy) is 4. The smallest absolute Gasteiger partial charge is 0.227 e. The second-order valence-electron chi connectivity index (χ2n) is 6.98. The summed E-state index contributed by atoms with van der Waals surface area (Å²) in [5.41, 5.74) is 2.48. The minimum Gasteiger partial charge on any atom is -0.493 e. The molecule has 0 amide bonds. The number of methoxy groups -OCH3 is 3. The molecular weight excluding hydrogens is 396 g/mol. The van der Waals surface area contributed by atoms with Gasteiger partial charge in [0.25, 0.3) is 0 Å². The molecule has 0 saturated heterocycles. The van der Waals surface area contributed by atoms with Crippen LogP contribution in [-0.4, -0.2) is 63.4 Å². The van der Waals surface area contributed by atoms with Crippen molar-refractivity contribution >= 4 is 11.6 Å². The topological polar surface area (TPSA) is 78.0 Å². The van der Waals surface area contributed by atoms with E-state index in [1.54, 1.807) is 39.7 Å². The van der Waals surface area contributed by atoms with E-state index in [0.29, 0.717) is 29.8 Å². The van der Waals surface area contributed by atoms with E-state index in [-0.39, 0.29) is 0 Å². The molecule has 2 aromatic carbocycles. The summed E-state index contributed by atoms with van der Waals surface area (Å²) >= 11 is 0. The summed E-state index contributed by atoms with van der Waals surface area (Å²) in [5.74, 6) is 2.90. The largest absolute Gasteiger partial charge is 0.493 e. The molecule has 3 aromatic rings. The molecule has 0 aliphatic rings. The summed E-state index contributed by atoms with van der Waals surface area (Å²) in [7, 11) is 8.76. The van der Waals surface area contributed by atoms with Gasteiger partial charge in [-0.05, 0) is 44.4 Å². The van der Waals surface area contributed by atoms with Gasteiger partial charge in [-0.2, -0.15) is 0 Å². The first kappa shape index (κ1) is 22.2. The zero-order valence-electron chi connectivity index (χ0n) is 18.5. The predicted octanol–water partition coefficient (Wildman–Crippen LogP) is 3.85. The summed E-state index contributed by atoms with van der Waals surface area (Å²) < 4.78 is 21.9. The average Bonchev–Trinajstić information content (AvgIpc) is 2.78. The Balaban J connectivity index is 1.76. The highest BCUT2D eigenvalue weighted by molar-refractivity contribution is 5.67. The normalized spacial score (nSPS) is 10.6. The van der Waals surface area contributed by atoms with Crippen molar-refractivity contribution in [2.75, 3.05) is 53.9 Å². The first-order valence-electron chi connectivity index (χ1n) is 9.82. The van der Waals surface area contributed by atoms with E-state index in [1.807, 2.05) is 44.4 Å². The molecule has 1 N–H and O–H groups in total. The van der Waals surface area contributed by atoms with E-state index in [1.165, 1.54) is 0 Å². The highest BCUT2D eigenvalue weighted by Gasteiger charge is 2.14. The minimum atomic E-state index is 0.457. The molecule has 0 atom stereocenters. The predicted molar refractivity (Wildman–Crippen MR) is 121 cm³/mol. The maximum atomic E-state index is 5.75. The molecule has 1 aromatic heterocycles. The second kappa shape index (κ2) is 10.5. The Morgan fingerprint density at radius 1 is 0.903 bits per heavy atom. The quantitative estimate of drug-likeness (QED) is 0.526. The first-order chi connectivity index (χ1) is 15.0. The fourth-order valence-electron chi connectivity index (χ4n) is 2.93. The number of likely N-dealkylation sites (N-methyl/N-ethyl adjacent to an activating group) is 1. The Hall–Kier alpha value is -3.52. The fraction of sp³-hybridized carbons (Fsp3) is 0.304. The molecular formula is C23H28N4O4. The summed E-state index contributed by atoms with van der Waals surface area (Å²) in [6, 6.07) is 13.3. The van der Waals surface area contributed by atoms with Crippen molar-refractivity contribution in [1.29, 1.82) is 0 Å². The number of anilines is 2. The van der Waals surface area contributed by atoms with Crippen molar-refractivity contribution in [3.8, 4) is 34.3 Å². The molecule has 0 bridgehead atoms. The maximum Gasteiger partial charge on any atom is 0.227 e. The van der Waals surface area contributed by atoms with E-state index in [0.717, 1.165) is 29.2 Å². The SMILES string of the molecule is COc1cc(Nc2nccc(-c3ccc(OCCN(C)C)cc3)n2)cc(OC)c1OC. The summed E-state index contributed by atoms with van der Waals surface area (Å²) in [5, 5.41) is 3.20. The molecule has 0 unspecified atom stereocenters. The third-order valence-corrected chi connectivity index (χ3v) is 4.53. The van der Waals surface area contributed by atoms with Crippen LogP contribution in [0.5, 0.6) is 23.0 Å². The standard InChI is InChI=1S/C23H28N4O4/c1-27(2)12-13-31-18-8-6-16(7-9-18)19-10-11-24-23(26-19)25-17-14-20(28-3)22(30-5)21(15-17)29-4/h6-11,14-15H,12-13H2,1-5H3,(H,24,25,26). The lowest BCUT2D eigenvalue weighted by atomic mass is 10.1. The van der Waals surface area contributed by atoms with Crippen molar-refractivity contribution in [1.82, 2.24) is 14.9 Å². The zero-order chi connectivity index (χ0) is 22.2. The van der Waals surface area contributed by atoms with Crippen LogP contribution < -0.4 is 24.3 Å². The van der Waals surface area contributed by atoms with Crippen LogP contribution in [-0.2, 0) is 0 Å². The van der Waals surface area contributed by atoms with Gasteiger partial charge in [0.15, 0.2) is 11.5 Å². The highest BCUT2D eigenvalue weighted by Crippen LogP contribution is 2.40. The van der Waals surface area contributed by atoms with Gasteiger partial charge in [0.2, 0.25) is 11.7 Å². The molecule has 0 radical (unpaired) electrons. The van der Waals surface area contributed by atoms with Crippen LogP contribution in [0.4, 0.5) is 11.6 Å². The van der Waals surface area contributed by atoms with E-state index in [2.05, 4.69) is 20.2 Å². The van der Waals surface area contributed by atoms with Crippen LogP contribution in [0.2, 0.25) is 0 Å². The number of benzene rings is 2. The minimum absolute atomic E-state index is 0.457. The van der Waals surface area contributed by atoms with Crippen molar-refractivity contribution in [3.05, 3.63) is 48.7 Å². The maximum absolute atomic E-state index is 5.75. The number of hydrogen-bond donors (Lipinski definition) is 1. The Morgan fingerprint density at radius 3 is 2.16 bits per heavy atom. The number of nitrogens with one attached hydrogen (secondary N) is 1. The van der Waals surface area contributed by atoms with Gasteiger partial charge < -0.3 is 29.2 Å². The lowest BCUT2D eigenvalue weighted by Gasteiger charge is -2.14. The molecule has 8 nitrogen and oxygen atoms in total. The van der Waals surface area contributed by atoms with Crippen molar-refractivity contribution in [2.45, 2.75) is 0 Å². The van der Waals surface area contributed by atoms with Gasteiger partial charge >= 0.3 is 0 Å². The summed E-state index contributed by atoms with van der Waals surface area (Å²) in [6.45, 7) is 1.51. The highest BCUT2D eigenvalue weighted by atomic mass is 16.5. The molecule has 0 aliphatic carbocycles. The molecule has 3 rings (SSSR count). The monoisotopic (exact) mass is 424 g/mol. The average molecular weight is 425 g/mol. The summed E-state index contributed by atoms with van der Waals surface area (Å²) in [6.07, 6.45) is 1.71. The Bertz CT molecular complexity index is 968. The van der Waals surface area contributed by atoms with E-state index in [9.17, 15) is 0 Å². The lowest BCUT2D eigenvalue weighted by molar-refractivity contribution is 0.261. The molecule has 0 saturated carbocycles. The van der Waals surface area contributed by atoms with Gasteiger partial charge in [-0.1, -0.05) is 0 Å². The van der Waals surface area contributed by atoms with Crippen LogP contribution in [0.25, 0.3) is 11.3 Å². The number of aromatic nitrogens is 2. The summed E-state index contributed by atoms with van der Waals surface area (Å²) in [4.78, 5) is 11.0. The molecule has 8 heteroatoms. The van der Waals surface area contributed by atoms with Crippen molar-refractivity contribution < 1.29 is 18.9 Å². The van der Waals surface area contributed by atoms with Crippen LogP contribution in [0.3, 0.4) is 0 Å². The Morgan fingerprint density at radius 2 is 1.58 bits per heavy atom. The third-order valence-electron chi connectivity index (χ3n) is 4.53. The van der Waals surface area contributed by atoms with Gasteiger partial charge in [-0.25, -0.2) is 9.97 Å². The van der Waals surface area contributed by atoms with Gasteiger partial charge in [-0.15, -0.1) is 0 Å². The molecule has 1 heterocycles. The van der Waals surface area contributed by atoms with E-state index >= 15 is 0 Å². The van der Waals surface area contributed by atoms with Crippen molar-refractivity contribution in [3.63, 3.8) is 0 Å². The van der Waals surface area contributed by atoms with E-state index in [4.69, 9.17) is 18.9 Å². The molecule has 31 heavy (non-hydrogen) atoms. The second-order valence-corrected chi connectivity index (χ2v) is 6.98. The van der Waals surface area contributed by atoms with Crippen LogP contribution in [0.1, 0.15) is 0 Å².